The maximum atomic E-state index is 11.0. The van der Waals surface area contributed by atoms with E-state index in [1.165, 1.54) is 19.3 Å². The molecule has 2 saturated carbocycles. The first kappa shape index (κ1) is 6.93. The van der Waals surface area contributed by atoms with Gasteiger partial charge < -0.3 is 4.74 Å². The first-order chi connectivity index (χ1) is 5.78. The fraction of sp³-hybridized carbons (Fsp3) is 0.800. The SMILES string of the molecule is O=C1CC2(CO1)CC1C[CH]C2C1. The van der Waals surface area contributed by atoms with E-state index in [2.05, 4.69) is 6.42 Å². The van der Waals surface area contributed by atoms with Gasteiger partial charge in [0.15, 0.2) is 0 Å². The third-order valence-corrected chi connectivity index (χ3v) is 3.84. The van der Waals surface area contributed by atoms with Gasteiger partial charge in [0.1, 0.15) is 0 Å². The van der Waals surface area contributed by atoms with Crippen molar-refractivity contribution in [3.8, 4) is 0 Å². The van der Waals surface area contributed by atoms with Crippen LogP contribution in [0.25, 0.3) is 0 Å². The average molecular weight is 165 g/mol. The highest BCUT2D eigenvalue weighted by Crippen LogP contribution is 2.58. The quantitative estimate of drug-likeness (QED) is 0.509. The number of cyclic esters (lactones) is 1. The Balaban J connectivity index is 1.88. The van der Waals surface area contributed by atoms with Gasteiger partial charge >= 0.3 is 5.97 Å². The van der Waals surface area contributed by atoms with Crippen LogP contribution < -0.4 is 0 Å². The van der Waals surface area contributed by atoms with Crippen LogP contribution in [-0.2, 0) is 9.53 Å². The molecule has 1 aliphatic heterocycles. The largest absolute Gasteiger partial charge is 0.465 e. The normalized spacial score (nSPS) is 50.5. The summed E-state index contributed by atoms with van der Waals surface area (Å²) in [5, 5.41) is 0. The van der Waals surface area contributed by atoms with Crippen LogP contribution in [0, 0.1) is 23.7 Å². The van der Waals surface area contributed by atoms with Crippen LogP contribution in [0.15, 0.2) is 0 Å². The van der Waals surface area contributed by atoms with Crippen molar-refractivity contribution < 1.29 is 9.53 Å². The molecule has 1 radical (unpaired) electrons. The first-order valence-corrected chi connectivity index (χ1v) is 4.77. The Labute approximate surface area is 72.3 Å². The molecule has 2 nitrogen and oxygen atoms in total. The highest BCUT2D eigenvalue weighted by molar-refractivity contribution is 5.72. The molecule has 0 N–H and O–H groups in total. The number of hydrogen-bond acceptors (Lipinski definition) is 2. The van der Waals surface area contributed by atoms with Crippen LogP contribution in [0.3, 0.4) is 0 Å². The molecule has 2 aliphatic carbocycles. The number of ether oxygens (including phenoxy) is 1. The predicted octanol–water partition coefficient (Wildman–Crippen LogP) is 1.55. The second kappa shape index (κ2) is 2.04. The highest BCUT2D eigenvalue weighted by Gasteiger charge is 2.55. The zero-order valence-electron chi connectivity index (χ0n) is 7.08. The van der Waals surface area contributed by atoms with E-state index in [9.17, 15) is 4.79 Å². The van der Waals surface area contributed by atoms with E-state index in [0.29, 0.717) is 18.9 Å². The molecule has 3 fully saturated rings. The van der Waals surface area contributed by atoms with Gasteiger partial charge in [0.05, 0.1) is 13.0 Å². The molecule has 65 valence electrons. The Morgan fingerprint density at radius 1 is 1.58 bits per heavy atom. The molecule has 0 aromatic rings. The van der Waals surface area contributed by atoms with Gasteiger partial charge in [0, 0.05) is 5.41 Å². The molecule has 2 heteroatoms. The van der Waals surface area contributed by atoms with Crippen molar-refractivity contribution in [3.63, 3.8) is 0 Å². The number of carbonyl (C=O) groups excluding carboxylic acids is 1. The molecule has 12 heavy (non-hydrogen) atoms. The second-order valence-electron chi connectivity index (χ2n) is 4.58. The Kier molecular flexibility index (Phi) is 1.18. The minimum Gasteiger partial charge on any atom is -0.465 e. The molecule has 3 aliphatic rings. The summed E-state index contributed by atoms with van der Waals surface area (Å²) in [6, 6.07) is 0. The van der Waals surface area contributed by atoms with Gasteiger partial charge in [-0.25, -0.2) is 0 Å². The van der Waals surface area contributed by atoms with E-state index >= 15 is 0 Å². The van der Waals surface area contributed by atoms with E-state index in [-0.39, 0.29) is 11.4 Å². The van der Waals surface area contributed by atoms with Crippen molar-refractivity contribution in [2.45, 2.75) is 25.7 Å². The summed E-state index contributed by atoms with van der Waals surface area (Å²) >= 11 is 0. The van der Waals surface area contributed by atoms with Crippen molar-refractivity contribution >= 4 is 5.97 Å². The van der Waals surface area contributed by atoms with Crippen LogP contribution in [0.1, 0.15) is 25.7 Å². The Morgan fingerprint density at radius 2 is 2.50 bits per heavy atom. The number of rotatable bonds is 0. The predicted molar refractivity (Wildman–Crippen MR) is 43.1 cm³/mol. The van der Waals surface area contributed by atoms with Crippen molar-refractivity contribution in [1.29, 1.82) is 0 Å². The Hall–Kier alpha value is -0.530. The highest BCUT2D eigenvalue weighted by atomic mass is 16.5. The van der Waals surface area contributed by atoms with Crippen molar-refractivity contribution in [3.05, 3.63) is 6.42 Å². The maximum absolute atomic E-state index is 11.0. The van der Waals surface area contributed by atoms with Gasteiger partial charge in [-0.15, -0.1) is 0 Å². The molecule has 3 atom stereocenters. The van der Waals surface area contributed by atoms with Crippen LogP contribution in [0.4, 0.5) is 0 Å². The Bertz CT molecular complexity index is 236. The summed E-state index contributed by atoms with van der Waals surface area (Å²) in [5.74, 6) is 1.58. The molecule has 1 heterocycles. The summed E-state index contributed by atoms with van der Waals surface area (Å²) in [4.78, 5) is 11.0. The van der Waals surface area contributed by atoms with Gasteiger partial charge in [-0.1, -0.05) is 0 Å². The molecule has 0 aromatic heterocycles. The lowest BCUT2D eigenvalue weighted by Gasteiger charge is -2.29. The van der Waals surface area contributed by atoms with Gasteiger partial charge in [-0.2, -0.15) is 0 Å². The van der Waals surface area contributed by atoms with Gasteiger partial charge in [-0.3, -0.25) is 4.79 Å². The third kappa shape index (κ3) is 0.732. The third-order valence-electron chi connectivity index (χ3n) is 3.84. The zero-order valence-corrected chi connectivity index (χ0v) is 7.08. The van der Waals surface area contributed by atoms with E-state index in [4.69, 9.17) is 4.74 Å². The van der Waals surface area contributed by atoms with E-state index in [0.717, 1.165) is 5.92 Å². The summed E-state index contributed by atoms with van der Waals surface area (Å²) in [7, 11) is 0. The maximum Gasteiger partial charge on any atom is 0.306 e. The topological polar surface area (TPSA) is 26.3 Å². The first-order valence-electron chi connectivity index (χ1n) is 4.77. The minimum absolute atomic E-state index is 0.0240. The molecule has 1 saturated heterocycles. The van der Waals surface area contributed by atoms with Crippen LogP contribution in [-0.4, -0.2) is 12.6 Å². The molecule has 3 unspecified atom stereocenters. The fourth-order valence-electron chi connectivity index (χ4n) is 3.28. The summed E-state index contributed by atoms with van der Waals surface area (Å²) < 4.78 is 5.08. The standard InChI is InChI=1S/C10H13O2/c11-9-5-10(6-12-9)4-7-1-2-8(10)3-7/h2,7-8H,1,3-6H2. The summed E-state index contributed by atoms with van der Waals surface area (Å²) in [6.07, 6.45) is 6.93. The van der Waals surface area contributed by atoms with Crippen molar-refractivity contribution in [1.82, 2.24) is 0 Å². The number of fused-ring (bicyclic) bond motifs is 3. The van der Waals surface area contributed by atoms with Crippen LogP contribution in [0.2, 0.25) is 0 Å². The molecule has 0 amide bonds. The Morgan fingerprint density at radius 3 is 3.00 bits per heavy atom. The van der Waals surface area contributed by atoms with E-state index < -0.39 is 0 Å². The summed E-state index contributed by atoms with van der Waals surface area (Å²) in [5.41, 5.74) is 0.250. The molecular formula is C10H13O2. The number of esters is 1. The lowest BCUT2D eigenvalue weighted by Crippen LogP contribution is -2.28. The number of carbonyl (C=O) groups is 1. The lowest BCUT2D eigenvalue weighted by atomic mass is 9.73. The van der Waals surface area contributed by atoms with Gasteiger partial charge in [-0.05, 0) is 37.5 Å². The molecule has 0 aromatic carbocycles. The number of hydrogen-bond donors (Lipinski definition) is 0. The second-order valence-corrected chi connectivity index (χ2v) is 4.58. The van der Waals surface area contributed by atoms with Crippen molar-refractivity contribution in [2.24, 2.45) is 17.3 Å². The van der Waals surface area contributed by atoms with E-state index in [1.807, 2.05) is 0 Å². The van der Waals surface area contributed by atoms with Crippen molar-refractivity contribution in [2.75, 3.05) is 6.61 Å². The smallest absolute Gasteiger partial charge is 0.306 e. The zero-order chi connectivity index (χ0) is 8.18. The fourth-order valence-corrected chi connectivity index (χ4v) is 3.28. The average Bonchev–Trinajstić information content (AvgIpc) is 2.67. The molecule has 2 bridgehead atoms. The summed E-state index contributed by atoms with van der Waals surface area (Å²) in [6.45, 7) is 0.698. The lowest BCUT2D eigenvalue weighted by molar-refractivity contribution is -0.137. The van der Waals surface area contributed by atoms with Gasteiger partial charge in [0.2, 0.25) is 0 Å². The monoisotopic (exact) mass is 165 g/mol. The van der Waals surface area contributed by atoms with Gasteiger partial charge in [0.25, 0.3) is 0 Å². The van der Waals surface area contributed by atoms with E-state index in [1.54, 1.807) is 0 Å². The van der Waals surface area contributed by atoms with Crippen LogP contribution >= 0.6 is 0 Å². The van der Waals surface area contributed by atoms with Crippen LogP contribution in [0.5, 0.6) is 0 Å². The molecular weight excluding hydrogens is 152 g/mol. The molecule has 3 rings (SSSR count). The minimum atomic E-state index is 0.0240. The molecule has 1 spiro atoms.